The number of rotatable bonds is 7. The van der Waals surface area contributed by atoms with Gasteiger partial charge in [0.1, 0.15) is 5.82 Å². The molecule has 0 saturated carbocycles. The first-order valence-corrected chi connectivity index (χ1v) is 9.49. The average molecular weight is 356 g/mol. The van der Waals surface area contributed by atoms with E-state index in [1.165, 1.54) is 0 Å². The van der Waals surface area contributed by atoms with E-state index >= 15 is 0 Å². The van der Waals surface area contributed by atoms with Crippen molar-refractivity contribution in [1.82, 2.24) is 25.6 Å². The molecule has 6 nitrogen and oxygen atoms in total. The second kappa shape index (κ2) is 8.62. The van der Waals surface area contributed by atoms with Crippen LogP contribution in [0.1, 0.15) is 23.4 Å². The van der Waals surface area contributed by atoms with Crippen molar-refractivity contribution in [2.45, 2.75) is 26.7 Å². The minimum atomic E-state index is 0.685. The van der Waals surface area contributed by atoms with Gasteiger partial charge in [-0.2, -0.15) is 0 Å². The Balaban J connectivity index is 1.50. The topological polar surface area (TPSA) is 78.0 Å². The highest BCUT2D eigenvalue weighted by Gasteiger charge is 2.03. The van der Waals surface area contributed by atoms with Crippen molar-refractivity contribution in [3.8, 4) is 0 Å². The summed E-state index contributed by atoms with van der Waals surface area (Å²) in [6.07, 6.45) is 1.69. The van der Waals surface area contributed by atoms with E-state index in [9.17, 15) is 0 Å². The second-order valence-corrected chi connectivity index (χ2v) is 6.81. The van der Waals surface area contributed by atoms with Gasteiger partial charge in [-0.05, 0) is 26.0 Å². The number of H-pyrrole nitrogens is 1. The Labute approximate surface area is 151 Å². The lowest BCUT2D eigenvalue weighted by Crippen LogP contribution is -2.38. The number of aromatic nitrogens is 3. The van der Waals surface area contributed by atoms with Crippen LogP contribution >= 0.6 is 11.3 Å². The Morgan fingerprint density at radius 1 is 1.20 bits per heavy atom. The first-order valence-electron chi connectivity index (χ1n) is 8.61. The van der Waals surface area contributed by atoms with E-state index in [-0.39, 0.29) is 0 Å². The number of hydrogen-bond acceptors (Lipinski definition) is 4. The lowest BCUT2D eigenvalue weighted by molar-refractivity contribution is 0.784. The summed E-state index contributed by atoms with van der Waals surface area (Å²) >= 11 is 1.69. The van der Waals surface area contributed by atoms with Gasteiger partial charge in [-0.25, -0.2) is 9.97 Å². The molecule has 2 heterocycles. The first-order chi connectivity index (χ1) is 12.2. The summed E-state index contributed by atoms with van der Waals surface area (Å²) in [6.45, 7) is 6.45. The Morgan fingerprint density at radius 2 is 2.08 bits per heavy atom. The summed E-state index contributed by atoms with van der Waals surface area (Å²) in [5.41, 5.74) is 3.21. The number of para-hydroxylation sites is 2. The van der Waals surface area contributed by atoms with E-state index in [1.807, 2.05) is 31.2 Å². The van der Waals surface area contributed by atoms with Crippen molar-refractivity contribution in [2.75, 3.05) is 19.6 Å². The number of fused-ring (bicyclic) bond motifs is 1. The predicted molar refractivity (Wildman–Crippen MR) is 104 cm³/mol. The molecule has 0 unspecified atom stereocenters. The van der Waals surface area contributed by atoms with Crippen molar-refractivity contribution >= 4 is 28.3 Å². The Morgan fingerprint density at radius 3 is 2.84 bits per heavy atom. The molecular formula is C18H24N6S. The third kappa shape index (κ3) is 5.03. The molecule has 0 spiro atoms. The number of hydrogen-bond donors (Lipinski definition) is 3. The molecule has 0 amide bonds. The van der Waals surface area contributed by atoms with Crippen LogP contribution in [0.3, 0.4) is 0 Å². The van der Waals surface area contributed by atoms with Crippen LogP contribution in [0.4, 0.5) is 0 Å². The average Bonchev–Trinajstić information content (AvgIpc) is 3.20. The number of guanidine groups is 1. The van der Waals surface area contributed by atoms with Crippen LogP contribution in [0.5, 0.6) is 0 Å². The van der Waals surface area contributed by atoms with Crippen LogP contribution in [0.15, 0.2) is 34.6 Å². The number of aryl methyl sites for hydroxylation is 1. The molecule has 0 fully saturated rings. The number of benzene rings is 1. The Kier molecular flexibility index (Phi) is 6.00. The van der Waals surface area contributed by atoms with Gasteiger partial charge >= 0.3 is 0 Å². The zero-order valence-electron chi connectivity index (χ0n) is 14.7. The molecule has 0 saturated heterocycles. The van der Waals surface area contributed by atoms with E-state index in [4.69, 9.17) is 0 Å². The van der Waals surface area contributed by atoms with Crippen molar-refractivity contribution in [2.24, 2.45) is 4.99 Å². The predicted octanol–water partition coefficient (Wildman–Crippen LogP) is 2.67. The van der Waals surface area contributed by atoms with Crippen LogP contribution in [-0.2, 0) is 12.8 Å². The number of nitrogens with one attached hydrogen (secondary N) is 3. The van der Waals surface area contributed by atoms with Gasteiger partial charge in [-0.1, -0.05) is 12.1 Å². The fourth-order valence-electron chi connectivity index (χ4n) is 2.57. The highest BCUT2D eigenvalue weighted by atomic mass is 32.1. The molecule has 2 aromatic heterocycles. The molecule has 3 rings (SSSR count). The largest absolute Gasteiger partial charge is 0.357 e. The SMILES string of the molecule is CCNC(=NCCc1nc2ccccc2[nH]1)NCCc1csc(C)n1. The maximum absolute atomic E-state index is 4.63. The van der Waals surface area contributed by atoms with E-state index in [0.29, 0.717) is 6.54 Å². The van der Waals surface area contributed by atoms with Crippen molar-refractivity contribution in [3.63, 3.8) is 0 Å². The fraction of sp³-hybridized carbons (Fsp3) is 0.389. The molecule has 0 radical (unpaired) electrons. The highest BCUT2D eigenvalue weighted by Crippen LogP contribution is 2.10. The van der Waals surface area contributed by atoms with Gasteiger partial charge in [-0.3, -0.25) is 4.99 Å². The third-order valence-electron chi connectivity index (χ3n) is 3.74. The molecule has 0 aliphatic heterocycles. The number of thiazole rings is 1. The maximum Gasteiger partial charge on any atom is 0.191 e. The lowest BCUT2D eigenvalue weighted by atomic mass is 10.3. The number of imidazole rings is 1. The van der Waals surface area contributed by atoms with Crippen molar-refractivity contribution < 1.29 is 0 Å². The summed E-state index contributed by atoms with van der Waals surface area (Å²) in [7, 11) is 0. The van der Waals surface area contributed by atoms with Crippen LogP contribution in [0.2, 0.25) is 0 Å². The third-order valence-corrected chi connectivity index (χ3v) is 4.56. The molecule has 3 N–H and O–H groups in total. The molecule has 3 aromatic rings. The molecule has 0 aliphatic carbocycles. The Bertz CT molecular complexity index is 802. The van der Waals surface area contributed by atoms with Crippen LogP contribution in [0.25, 0.3) is 11.0 Å². The Hall–Kier alpha value is -2.41. The molecule has 7 heteroatoms. The normalized spacial score (nSPS) is 11.8. The molecule has 1 aromatic carbocycles. The van der Waals surface area contributed by atoms with Crippen LogP contribution < -0.4 is 10.6 Å². The highest BCUT2D eigenvalue weighted by molar-refractivity contribution is 7.09. The summed E-state index contributed by atoms with van der Waals surface area (Å²) < 4.78 is 0. The van der Waals surface area contributed by atoms with Crippen LogP contribution in [0, 0.1) is 6.92 Å². The summed E-state index contributed by atoms with van der Waals surface area (Å²) in [4.78, 5) is 17.0. The molecule has 0 atom stereocenters. The van der Waals surface area contributed by atoms with Gasteiger partial charge in [0.05, 0.1) is 21.7 Å². The fourth-order valence-corrected chi connectivity index (χ4v) is 3.22. The van der Waals surface area contributed by atoms with E-state index in [2.05, 4.69) is 42.9 Å². The van der Waals surface area contributed by atoms with E-state index in [0.717, 1.165) is 59.5 Å². The zero-order chi connectivity index (χ0) is 17.5. The number of aromatic amines is 1. The van der Waals surface area contributed by atoms with Gasteiger partial charge < -0.3 is 15.6 Å². The molecule has 0 aliphatic rings. The quantitative estimate of drug-likeness (QED) is 0.449. The smallest absolute Gasteiger partial charge is 0.191 e. The number of nitrogens with zero attached hydrogens (tertiary/aromatic N) is 3. The number of aliphatic imine (C=N–C) groups is 1. The van der Waals surface area contributed by atoms with Gasteiger partial charge in [0.2, 0.25) is 0 Å². The minimum Gasteiger partial charge on any atom is -0.357 e. The maximum atomic E-state index is 4.63. The molecule has 0 bridgehead atoms. The molecule has 132 valence electrons. The van der Waals surface area contributed by atoms with Crippen molar-refractivity contribution in [1.29, 1.82) is 0 Å². The van der Waals surface area contributed by atoms with E-state index in [1.54, 1.807) is 11.3 Å². The standard InChI is InChI=1S/C18H24N6S/c1-3-19-18(20-10-8-14-12-25-13(2)22-14)21-11-9-17-23-15-6-4-5-7-16(15)24-17/h4-7,12H,3,8-11H2,1-2H3,(H,23,24)(H2,19,20,21). The van der Waals surface area contributed by atoms with Gasteiger partial charge in [-0.15, -0.1) is 11.3 Å². The first kappa shape index (κ1) is 17.4. The summed E-state index contributed by atoms with van der Waals surface area (Å²) in [6, 6.07) is 8.08. The van der Waals surface area contributed by atoms with Gasteiger partial charge in [0, 0.05) is 37.9 Å². The molecular weight excluding hydrogens is 332 g/mol. The van der Waals surface area contributed by atoms with Crippen molar-refractivity contribution in [3.05, 3.63) is 46.2 Å². The minimum absolute atomic E-state index is 0.685. The van der Waals surface area contributed by atoms with Gasteiger partial charge in [0.25, 0.3) is 0 Å². The van der Waals surface area contributed by atoms with Gasteiger partial charge in [0.15, 0.2) is 5.96 Å². The lowest BCUT2D eigenvalue weighted by Gasteiger charge is -2.10. The zero-order valence-corrected chi connectivity index (χ0v) is 15.5. The van der Waals surface area contributed by atoms with Crippen LogP contribution in [-0.4, -0.2) is 40.5 Å². The summed E-state index contributed by atoms with van der Waals surface area (Å²) in [5.74, 6) is 1.81. The van der Waals surface area contributed by atoms with E-state index < -0.39 is 0 Å². The second-order valence-electron chi connectivity index (χ2n) is 5.75. The molecule has 25 heavy (non-hydrogen) atoms. The summed E-state index contributed by atoms with van der Waals surface area (Å²) in [5, 5.41) is 9.87. The monoisotopic (exact) mass is 356 g/mol.